The molecule has 0 radical (unpaired) electrons. The summed E-state index contributed by atoms with van der Waals surface area (Å²) in [6, 6.07) is 0. The number of rotatable bonds is 6. The number of carbonyl (C=O) groups is 3. The first-order chi connectivity index (χ1) is 15.3. The maximum absolute atomic E-state index is 13.5. The summed E-state index contributed by atoms with van der Waals surface area (Å²) in [7, 11) is 1.24. The molecule has 8 atom stereocenters. The Morgan fingerprint density at radius 3 is 2.34 bits per heavy atom. The summed E-state index contributed by atoms with van der Waals surface area (Å²) in [5, 5.41) is 10.5. The van der Waals surface area contributed by atoms with Gasteiger partial charge in [-0.2, -0.15) is 0 Å². The molecule has 7 rings (SSSR count). The molecule has 10 nitrogen and oxygen atoms in total. The highest BCUT2D eigenvalue weighted by Gasteiger charge is 2.70. The Labute approximate surface area is 186 Å². The van der Waals surface area contributed by atoms with Crippen molar-refractivity contribution in [1.82, 2.24) is 0 Å². The molecule has 176 valence electrons. The van der Waals surface area contributed by atoms with Crippen molar-refractivity contribution in [2.75, 3.05) is 13.8 Å². The van der Waals surface area contributed by atoms with Gasteiger partial charge in [-0.3, -0.25) is 14.4 Å². The summed E-state index contributed by atoms with van der Waals surface area (Å²) in [6.45, 7) is -0.412. The first-order valence-corrected chi connectivity index (χ1v) is 11.9. The van der Waals surface area contributed by atoms with E-state index in [1.165, 1.54) is 26.3 Å². The second kappa shape index (κ2) is 7.12. The monoisotopic (exact) mass is 449 g/mol. The maximum Gasteiger partial charge on any atom is 0.314 e. The summed E-state index contributed by atoms with van der Waals surface area (Å²) in [5.74, 6) is 6.42. The summed E-state index contributed by atoms with van der Waals surface area (Å²) < 4.78 is 16.9. The fraction of sp³-hybridized carbons (Fsp3) is 0.864. The van der Waals surface area contributed by atoms with Gasteiger partial charge in [-0.15, -0.1) is 0 Å². The lowest BCUT2D eigenvalue weighted by atomic mass is 9.49. The van der Waals surface area contributed by atoms with Crippen molar-refractivity contribution in [2.45, 2.75) is 57.2 Å². The normalized spacial score (nSPS) is 49.1. The van der Waals surface area contributed by atoms with Gasteiger partial charge in [0.25, 0.3) is 6.73 Å². The van der Waals surface area contributed by atoms with Gasteiger partial charge in [0.15, 0.2) is 0 Å². The smallest absolute Gasteiger partial charge is 0.314 e. The SMILES string of the molecule is C[NH+]([O-])[NH+]([NH-])COC(=O)C1C2CC3C(OC(=O)C31)C2OC(=O)C12CC3CC(CC(C3)C1)C2. The van der Waals surface area contributed by atoms with Gasteiger partial charge in [0.1, 0.15) is 19.3 Å². The Kier molecular flexibility index (Phi) is 4.64. The molecule has 0 spiro atoms. The number of ether oxygens (including phenoxy) is 3. The van der Waals surface area contributed by atoms with Crippen molar-refractivity contribution in [3.05, 3.63) is 11.0 Å². The highest BCUT2D eigenvalue weighted by atomic mass is 16.6. The predicted octanol–water partition coefficient (Wildman–Crippen LogP) is -0.798. The second-order valence-corrected chi connectivity index (χ2v) is 11.2. The first kappa shape index (κ1) is 20.8. The molecule has 10 heteroatoms. The Morgan fingerprint density at radius 1 is 1.12 bits per heavy atom. The van der Waals surface area contributed by atoms with Crippen LogP contribution < -0.4 is 10.3 Å². The molecule has 7 fully saturated rings. The van der Waals surface area contributed by atoms with E-state index in [-0.39, 0.29) is 22.9 Å². The van der Waals surface area contributed by atoms with Crippen molar-refractivity contribution in [2.24, 2.45) is 46.8 Å². The highest BCUT2D eigenvalue weighted by Crippen LogP contribution is 2.62. The Morgan fingerprint density at radius 2 is 1.75 bits per heavy atom. The molecule has 0 aromatic heterocycles. The van der Waals surface area contributed by atoms with Crippen LogP contribution in [0.15, 0.2) is 0 Å². The Hall–Kier alpha value is -1.75. The lowest BCUT2D eigenvalue weighted by Gasteiger charge is -2.55. The van der Waals surface area contributed by atoms with Crippen molar-refractivity contribution < 1.29 is 38.9 Å². The zero-order valence-corrected chi connectivity index (χ0v) is 18.2. The molecular weight excluding hydrogens is 418 g/mol. The maximum atomic E-state index is 13.5. The van der Waals surface area contributed by atoms with Crippen LogP contribution in [0.1, 0.15) is 44.9 Å². The average molecular weight is 450 g/mol. The number of esters is 3. The predicted molar refractivity (Wildman–Crippen MR) is 105 cm³/mol. The fourth-order valence-electron chi connectivity index (χ4n) is 8.42. The number of hydrogen-bond donors (Lipinski definition) is 2. The number of carbonyl (C=O) groups excluding carboxylic acids is 3. The van der Waals surface area contributed by atoms with E-state index in [0.29, 0.717) is 24.2 Å². The van der Waals surface area contributed by atoms with E-state index in [2.05, 4.69) is 0 Å². The molecule has 1 aliphatic heterocycles. The van der Waals surface area contributed by atoms with Gasteiger partial charge in [0.2, 0.25) is 0 Å². The number of quaternary nitrogens is 2. The number of hydroxylamine groups is 1. The fourth-order valence-corrected chi connectivity index (χ4v) is 8.42. The van der Waals surface area contributed by atoms with E-state index in [1.54, 1.807) is 0 Å². The molecule has 6 aliphatic carbocycles. The third-order valence-corrected chi connectivity index (χ3v) is 9.32. The summed E-state index contributed by atoms with van der Waals surface area (Å²) in [4.78, 5) is 38.9. The molecule has 1 heterocycles. The molecule has 3 N–H and O–H groups in total. The standard InChI is InChI=1S/C22H31N3O7/c1-24(29)25(23)9-30-19(26)15-13-5-14-16(15)20(27)31-17(14)18(13)32-21(28)22-6-10-2-11(7-22)4-12(3-10)8-22/h10-18,23-25H,2-9H2,1H3. The van der Waals surface area contributed by atoms with E-state index in [0.717, 1.165) is 19.3 Å². The average Bonchev–Trinajstić information content (AvgIpc) is 3.34. The minimum Gasteiger partial charge on any atom is -0.584 e. The van der Waals surface area contributed by atoms with Gasteiger partial charge in [-0.25, -0.2) is 10.3 Å². The quantitative estimate of drug-likeness (QED) is 0.235. The summed E-state index contributed by atoms with van der Waals surface area (Å²) in [5.41, 5.74) is -0.412. The number of hydrogen-bond acceptors (Lipinski definition) is 7. The van der Waals surface area contributed by atoms with Gasteiger partial charge in [0, 0.05) is 11.8 Å². The van der Waals surface area contributed by atoms with Gasteiger partial charge >= 0.3 is 17.9 Å². The molecule has 1 saturated heterocycles. The van der Waals surface area contributed by atoms with Crippen LogP contribution in [0, 0.1) is 52.0 Å². The largest absolute Gasteiger partial charge is 0.584 e. The third kappa shape index (κ3) is 2.96. The zero-order chi connectivity index (χ0) is 22.4. The molecular formula is C22H31N3O7. The van der Waals surface area contributed by atoms with E-state index >= 15 is 0 Å². The zero-order valence-electron chi connectivity index (χ0n) is 18.2. The van der Waals surface area contributed by atoms with Crippen LogP contribution in [-0.4, -0.2) is 43.9 Å². The minimum absolute atomic E-state index is 0.147. The van der Waals surface area contributed by atoms with E-state index in [9.17, 15) is 19.6 Å². The summed E-state index contributed by atoms with van der Waals surface area (Å²) in [6.07, 6.45) is 5.86. The lowest BCUT2D eigenvalue weighted by Crippen LogP contribution is -3.54. The van der Waals surface area contributed by atoms with Crippen LogP contribution in [0.3, 0.4) is 0 Å². The molecule has 0 aromatic rings. The first-order valence-electron chi connectivity index (χ1n) is 11.9. The van der Waals surface area contributed by atoms with E-state index in [1.807, 2.05) is 0 Å². The second-order valence-electron chi connectivity index (χ2n) is 11.2. The van der Waals surface area contributed by atoms with Gasteiger partial charge in [-0.05, 0) is 62.7 Å². The van der Waals surface area contributed by atoms with E-state index < -0.39 is 53.3 Å². The molecule has 0 amide bonds. The van der Waals surface area contributed by atoms with Crippen molar-refractivity contribution in [3.63, 3.8) is 0 Å². The van der Waals surface area contributed by atoms with Crippen molar-refractivity contribution in [3.8, 4) is 0 Å². The lowest BCUT2D eigenvalue weighted by molar-refractivity contribution is -1.46. The molecule has 32 heavy (non-hydrogen) atoms. The summed E-state index contributed by atoms with van der Waals surface area (Å²) >= 11 is 0. The highest BCUT2D eigenvalue weighted by molar-refractivity contribution is 5.86. The molecule has 6 saturated carbocycles. The Balaban J connectivity index is 1.19. The van der Waals surface area contributed by atoms with Gasteiger partial charge in [0.05, 0.1) is 17.3 Å². The van der Waals surface area contributed by atoms with Crippen LogP contribution in [-0.2, 0) is 28.6 Å². The van der Waals surface area contributed by atoms with Crippen molar-refractivity contribution in [1.29, 1.82) is 0 Å². The molecule has 6 bridgehead atoms. The third-order valence-electron chi connectivity index (χ3n) is 9.32. The molecule has 0 aromatic carbocycles. The Bertz CT molecular complexity index is 812. The van der Waals surface area contributed by atoms with Crippen LogP contribution in [0.4, 0.5) is 0 Å². The van der Waals surface area contributed by atoms with Crippen molar-refractivity contribution >= 4 is 17.9 Å². The van der Waals surface area contributed by atoms with Crippen LogP contribution >= 0.6 is 0 Å². The number of nitrogens with one attached hydrogen (secondary N) is 3. The van der Waals surface area contributed by atoms with Crippen LogP contribution in [0.25, 0.3) is 5.84 Å². The van der Waals surface area contributed by atoms with Gasteiger partial charge in [-0.1, -0.05) is 0 Å². The van der Waals surface area contributed by atoms with Crippen LogP contribution in [0.5, 0.6) is 0 Å². The van der Waals surface area contributed by atoms with Gasteiger partial charge < -0.3 is 25.3 Å². The van der Waals surface area contributed by atoms with E-state index in [4.69, 9.17) is 20.1 Å². The van der Waals surface area contributed by atoms with Crippen LogP contribution in [0.2, 0.25) is 0 Å². The number of fused-ring (bicyclic) bond motifs is 1. The minimum atomic E-state index is -0.750. The molecule has 8 unspecified atom stereocenters. The molecule has 7 aliphatic rings. The topological polar surface area (TPSA) is 135 Å².